The maximum Gasteiger partial charge on any atom is 0.513 e. The minimum absolute atomic E-state index is 0.149. The average molecular weight is 322 g/mol. The zero-order valence-corrected chi connectivity index (χ0v) is 12.8. The van der Waals surface area contributed by atoms with Crippen molar-refractivity contribution in [1.82, 2.24) is 0 Å². The highest BCUT2D eigenvalue weighted by Crippen LogP contribution is 2.23. The molecule has 0 bridgehead atoms. The third kappa shape index (κ3) is 7.12. The van der Waals surface area contributed by atoms with Crippen LogP contribution in [0.4, 0.5) is 4.79 Å². The molecule has 0 unspecified atom stereocenters. The first-order valence-corrected chi connectivity index (χ1v) is 6.91. The molecule has 0 aliphatic rings. The first-order valence-electron chi connectivity index (χ1n) is 6.91. The molecule has 0 N–H and O–H groups in total. The number of aryl methyl sites for hydroxylation is 1. The van der Waals surface area contributed by atoms with E-state index < -0.39 is 12.1 Å². The van der Waals surface area contributed by atoms with E-state index in [9.17, 15) is 14.4 Å². The van der Waals surface area contributed by atoms with Gasteiger partial charge in [-0.15, -0.1) is 0 Å². The van der Waals surface area contributed by atoms with Gasteiger partial charge >= 0.3 is 12.1 Å². The van der Waals surface area contributed by atoms with Crippen LogP contribution < -0.4 is 9.47 Å². The number of hydrogen-bond donors (Lipinski definition) is 0. The third-order valence-corrected chi connectivity index (χ3v) is 2.69. The Balaban J connectivity index is 2.27. The number of rotatable bonds is 9. The van der Waals surface area contributed by atoms with E-state index in [4.69, 9.17) is 14.2 Å². The molecule has 1 aromatic carbocycles. The van der Waals surface area contributed by atoms with Crippen LogP contribution in [0.2, 0.25) is 0 Å². The van der Waals surface area contributed by atoms with Gasteiger partial charge in [0.2, 0.25) is 0 Å². The van der Waals surface area contributed by atoms with Crippen molar-refractivity contribution >= 4 is 18.6 Å². The highest BCUT2D eigenvalue weighted by Gasteiger charge is 2.09. The Morgan fingerprint density at radius 1 is 1.17 bits per heavy atom. The van der Waals surface area contributed by atoms with Gasteiger partial charge in [-0.1, -0.05) is 6.58 Å². The van der Waals surface area contributed by atoms with Crippen LogP contribution in [0.25, 0.3) is 0 Å². The van der Waals surface area contributed by atoms with E-state index in [1.807, 2.05) is 0 Å². The van der Waals surface area contributed by atoms with Crippen LogP contribution in [-0.2, 0) is 19.1 Å². The first kappa shape index (κ1) is 18.2. The Bertz CT molecular complexity index is 566. The van der Waals surface area contributed by atoms with Gasteiger partial charge in [0.05, 0.1) is 13.2 Å². The zero-order valence-electron chi connectivity index (χ0n) is 12.8. The largest absolute Gasteiger partial charge is 0.513 e. The Morgan fingerprint density at radius 3 is 2.48 bits per heavy atom. The average Bonchev–Trinajstić information content (AvgIpc) is 2.53. The highest BCUT2D eigenvalue weighted by atomic mass is 16.7. The van der Waals surface area contributed by atoms with Crippen molar-refractivity contribution in [3.8, 4) is 11.5 Å². The van der Waals surface area contributed by atoms with Gasteiger partial charge in [-0.25, -0.2) is 9.59 Å². The van der Waals surface area contributed by atoms with Crippen LogP contribution in [0.1, 0.15) is 18.4 Å². The fraction of sp³-hybridized carbons (Fsp3) is 0.312. The number of unbranched alkanes of at least 4 members (excludes halogenated alkanes) is 1. The van der Waals surface area contributed by atoms with Crippen LogP contribution in [-0.4, -0.2) is 31.8 Å². The van der Waals surface area contributed by atoms with Gasteiger partial charge in [-0.3, -0.25) is 4.79 Å². The van der Waals surface area contributed by atoms with Crippen molar-refractivity contribution in [2.45, 2.75) is 19.8 Å². The van der Waals surface area contributed by atoms with Crippen LogP contribution >= 0.6 is 0 Å². The van der Waals surface area contributed by atoms with E-state index in [2.05, 4.69) is 11.3 Å². The number of benzene rings is 1. The van der Waals surface area contributed by atoms with Gasteiger partial charge in [-0.2, -0.15) is 0 Å². The topological polar surface area (TPSA) is 88.1 Å². The number of ether oxygens (including phenoxy) is 4. The Morgan fingerprint density at radius 2 is 1.87 bits per heavy atom. The molecule has 0 aliphatic carbocycles. The lowest BCUT2D eigenvalue weighted by Gasteiger charge is -2.09. The molecular formula is C16H18O7. The minimum Gasteiger partial charge on any atom is -0.463 e. The lowest BCUT2D eigenvalue weighted by Crippen LogP contribution is -2.12. The number of esters is 1. The lowest BCUT2D eigenvalue weighted by molar-refractivity contribution is -0.137. The van der Waals surface area contributed by atoms with Crippen molar-refractivity contribution in [3.63, 3.8) is 0 Å². The van der Waals surface area contributed by atoms with Crippen molar-refractivity contribution in [3.05, 3.63) is 36.4 Å². The molecule has 0 fully saturated rings. The Kier molecular flexibility index (Phi) is 7.91. The molecule has 0 atom stereocenters. The molecule has 0 heterocycles. The summed E-state index contributed by atoms with van der Waals surface area (Å²) in [4.78, 5) is 32.5. The van der Waals surface area contributed by atoms with Gasteiger partial charge < -0.3 is 18.9 Å². The molecular weight excluding hydrogens is 304 g/mol. The van der Waals surface area contributed by atoms with Crippen molar-refractivity contribution in [2.24, 2.45) is 0 Å². The van der Waals surface area contributed by atoms with Crippen LogP contribution in [0.15, 0.2) is 30.9 Å². The predicted octanol–water partition coefficient (Wildman–Crippen LogP) is 2.56. The van der Waals surface area contributed by atoms with Gasteiger partial charge in [-0.05, 0) is 43.5 Å². The monoisotopic (exact) mass is 322 g/mol. The molecule has 0 saturated heterocycles. The van der Waals surface area contributed by atoms with E-state index in [0.29, 0.717) is 36.4 Å². The van der Waals surface area contributed by atoms with Gasteiger partial charge in [0, 0.05) is 6.08 Å². The second kappa shape index (κ2) is 9.99. The summed E-state index contributed by atoms with van der Waals surface area (Å²) in [5.41, 5.74) is 0.623. The normalized spacial score (nSPS) is 9.61. The van der Waals surface area contributed by atoms with Crippen LogP contribution in [0.3, 0.4) is 0 Å². The fourth-order valence-corrected chi connectivity index (χ4v) is 1.58. The second-order valence-electron chi connectivity index (χ2n) is 4.42. The Labute approximate surface area is 133 Å². The number of hydrogen-bond acceptors (Lipinski definition) is 7. The molecule has 1 rings (SSSR count). The smallest absolute Gasteiger partial charge is 0.463 e. The molecule has 0 aliphatic heterocycles. The first-order chi connectivity index (χ1) is 11.1. The summed E-state index contributed by atoms with van der Waals surface area (Å²) in [6.07, 6.45) is 1.34. The molecule has 0 spiro atoms. The molecule has 124 valence electrons. The molecule has 0 radical (unpaired) electrons. The predicted molar refractivity (Wildman–Crippen MR) is 80.2 cm³/mol. The standard InChI is InChI=1S/C16H18O7/c1-3-15(18)20-8-4-5-9-21-16(19)23-14-7-6-13(22-11-17)10-12(14)2/h3,6-7,10-11H,1,4-5,8-9H2,2H3. The zero-order chi connectivity index (χ0) is 17.1. The van der Waals surface area contributed by atoms with Crippen LogP contribution in [0, 0.1) is 6.92 Å². The van der Waals surface area contributed by atoms with Crippen molar-refractivity contribution in [1.29, 1.82) is 0 Å². The molecule has 0 saturated carbocycles. The maximum absolute atomic E-state index is 11.5. The van der Waals surface area contributed by atoms with Gasteiger partial charge in [0.1, 0.15) is 11.5 Å². The summed E-state index contributed by atoms with van der Waals surface area (Å²) >= 11 is 0. The maximum atomic E-state index is 11.5. The van der Waals surface area contributed by atoms with E-state index in [-0.39, 0.29) is 13.2 Å². The second-order valence-corrected chi connectivity index (χ2v) is 4.42. The summed E-state index contributed by atoms with van der Waals surface area (Å²) in [6, 6.07) is 4.56. The molecule has 0 amide bonds. The third-order valence-electron chi connectivity index (χ3n) is 2.69. The lowest BCUT2D eigenvalue weighted by atomic mass is 10.2. The van der Waals surface area contributed by atoms with Gasteiger partial charge in [0.25, 0.3) is 6.47 Å². The summed E-state index contributed by atoms with van der Waals surface area (Å²) in [7, 11) is 0. The highest BCUT2D eigenvalue weighted by molar-refractivity contribution is 5.81. The van der Waals surface area contributed by atoms with E-state index in [1.54, 1.807) is 13.0 Å². The number of carbonyl (C=O) groups excluding carboxylic acids is 3. The van der Waals surface area contributed by atoms with E-state index in [0.717, 1.165) is 6.08 Å². The minimum atomic E-state index is -0.833. The van der Waals surface area contributed by atoms with Gasteiger partial charge in [0.15, 0.2) is 0 Å². The van der Waals surface area contributed by atoms with E-state index in [1.165, 1.54) is 12.1 Å². The number of carbonyl (C=O) groups is 3. The van der Waals surface area contributed by atoms with Crippen molar-refractivity contribution < 1.29 is 33.3 Å². The fourth-order valence-electron chi connectivity index (χ4n) is 1.58. The molecule has 1 aromatic rings. The molecule has 7 heteroatoms. The van der Waals surface area contributed by atoms with Crippen LogP contribution in [0.5, 0.6) is 11.5 Å². The SMILES string of the molecule is C=CC(=O)OCCCCOC(=O)Oc1ccc(OC=O)cc1C. The molecule has 0 aromatic heterocycles. The summed E-state index contributed by atoms with van der Waals surface area (Å²) in [5.74, 6) is 0.184. The van der Waals surface area contributed by atoms with E-state index >= 15 is 0 Å². The molecule has 23 heavy (non-hydrogen) atoms. The molecule has 7 nitrogen and oxygen atoms in total. The quantitative estimate of drug-likeness (QED) is 0.227. The van der Waals surface area contributed by atoms with Crippen molar-refractivity contribution in [2.75, 3.05) is 13.2 Å². The summed E-state index contributed by atoms with van der Waals surface area (Å²) in [6.45, 7) is 5.68. The summed E-state index contributed by atoms with van der Waals surface area (Å²) in [5, 5.41) is 0. The summed E-state index contributed by atoms with van der Waals surface area (Å²) < 4.78 is 19.4. The Hall–Kier alpha value is -2.83.